The summed E-state index contributed by atoms with van der Waals surface area (Å²) in [4.78, 5) is 19.2. The molecule has 0 saturated carbocycles. The largest absolute Gasteiger partial charge is 0.490 e. The van der Waals surface area contributed by atoms with Crippen LogP contribution in [0.4, 0.5) is 16.3 Å². The Morgan fingerprint density at radius 2 is 1.90 bits per heavy atom. The molecule has 0 bridgehead atoms. The number of hydrogen-bond donors (Lipinski definition) is 2. The lowest BCUT2D eigenvalue weighted by atomic mass is 9.93. The molecule has 1 aliphatic rings. The third-order valence-corrected chi connectivity index (χ3v) is 6.04. The van der Waals surface area contributed by atoms with E-state index in [1.165, 1.54) is 0 Å². The molecule has 0 unspecified atom stereocenters. The predicted molar refractivity (Wildman–Crippen MR) is 146 cm³/mol. The molecule has 5 rings (SSSR count). The molecule has 0 atom stereocenters. The highest BCUT2D eigenvalue weighted by Gasteiger charge is 2.20. The fraction of sp³-hybridized carbons (Fsp3) is 0.357. The van der Waals surface area contributed by atoms with Gasteiger partial charge < -0.3 is 19.3 Å². The first-order chi connectivity index (χ1) is 18.8. The van der Waals surface area contributed by atoms with Gasteiger partial charge in [0.2, 0.25) is 0 Å². The summed E-state index contributed by atoms with van der Waals surface area (Å²) in [7, 11) is 0. The number of carbonyl (C=O) groups excluding carboxylic acids is 1. The number of amides is 2. The smallest absolute Gasteiger partial charge is 0.324 e. The van der Waals surface area contributed by atoms with E-state index in [1.54, 1.807) is 35.1 Å². The number of rotatable bonds is 6. The number of carbonyl (C=O) groups is 1. The van der Waals surface area contributed by atoms with Crippen LogP contribution in [0.3, 0.4) is 0 Å². The van der Waals surface area contributed by atoms with Crippen LogP contribution in [0, 0.1) is 11.8 Å². The van der Waals surface area contributed by atoms with Crippen molar-refractivity contribution in [2.24, 2.45) is 0 Å². The number of imidazole rings is 1. The minimum atomic E-state index is -0.413. The van der Waals surface area contributed by atoms with Gasteiger partial charge in [0.05, 0.1) is 25.6 Å². The highest BCUT2D eigenvalue weighted by atomic mass is 16.5. The molecule has 1 aliphatic heterocycles. The molecule has 2 N–H and O–H groups in total. The number of ether oxygens (including phenoxy) is 2. The van der Waals surface area contributed by atoms with Gasteiger partial charge in [0.1, 0.15) is 23.8 Å². The van der Waals surface area contributed by atoms with Crippen LogP contribution in [0.5, 0.6) is 5.75 Å². The maximum absolute atomic E-state index is 12.3. The van der Waals surface area contributed by atoms with E-state index in [9.17, 15) is 4.79 Å². The minimum Gasteiger partial charge on any atom is -0.490 e. The molecule has 4 heterocycles. The van der Waals surface area contributed by atoms with E-state index in [0.29, 0.717) is 41.0 Å². The van der Waals surface area contributed by atoms with Crippen molar-refractivity contribution in [3.05, 3.63) is 65.8 Å². The number of anilines is 2. The topological polar surface area (TPSA) is 119 Å². The Hall–Kier alpha value is -4.40. The SMILES string of the molecule is CC(C)(C)c1cc(NC(=O)Nc2ccc(C#Cc3cn4ncc(OCCN5CCOCC5)cc4n3)cc2)no1. The third kappa shape index (κ3) is 7.13. The van der Waals surface area contributed by atoms with E-state index >= 15 is 0 Å². The molecule has 0 spiro atoms. The molecule has 4 aromatic rings. The maximum atomic E-state index is 12.3. The second-order valence-corrected chi connectivity index (χ2v) is 10.2. The minimum absolute atomic E-state index is 0.194. The fourth-order valence-electron chi connectivity index (χ4n) is 3.86. The molecule has 1 fully saturated rings. The molecular formula is C28H31N7O4. The number of nitrogens with one attached hydrogen (secondary N) is 2. The Labute approximate surface area is 226 Å². The first-order valence-electron chi connectivity index (χ1n) is 12.8. The Balaban J connectivity index is 1.14. The van der Waals surface area contributed by atoms with E-state index in [-0.39, 0.29) is 5.41 Å². The van der Waals surface area contributed by atoms with Gasteiger partial charge in [-0.3, -0.25) is 10.2 Å². The zero-order valence-corrected chi connectivity index (χ0v) is 22.2. The highest BCUT2D eigenvalue weighted by molar-refractivity contribution is 5.99. The monoisotopic (exact) mass is 529 g/mol. The van der Waals surface area contributed by atoms with Crippen molar-refractivity contribution in [3.8, 4) is 17.6 Å². The normalized spacial score (nSPS) is 14.0. The highest BCUT2D eigenvalue weighted by Crippen LogP contribution is 2.24. The van der Waals surface area contributed by atoms with Gasteiger partial charge in [-0.25, -0.2) is 14.3 Å². The zero-order chi connectivity index (χ0) is 27.2. The van der Waals surface area contributed by atoms with Gasteiger partial charge in [-0.2, -0.15) is 5.10 Å². The fourth-order valence-corrected chi connectivity index (χ4v) is 3.86. The lowest BCUT2D eigenvalue weighted by Gasteiger charge is -2.26. The van der Waals surface area contributed by atoms with Crippen LogP contribution in [0.1, 0.15) is 37.8 Å². The van der Waals surface area contributed by atoms with E-state index in [4.69, 9.17) is 14.0 Å². The molecule has 0 radical (unpaired) electrons. The lowest BCUT2D eigenvalue weighted by molar-refractivity contribution is 0.0322. The Kier molecular flexibility index (Phi) is 7.76. The molecule has 2 amide bonds. The zero-order valence-electron chi connectivity index (χ0n) is 22.2. The van der Waals surface area contributed by atoms with Crippen molar-refractivity contribution < 1.29 is 18.8 Å². The molecule has 11 nitrogen and oxygen atoms in total. The van der Waals surface area contributed by atoms with Gasteiger partial charge in [0.15, 0.2) is 11.5 Å². The first-order valence-corrected chi connectivity index (χ1v) is 12.8. The number of benzene rings is 1. The van der Waals surface area contributed by atoms with E-state index in [2.05, 4.69) is 42.6 Å². The molecule has 202 valence electrons. The van der Waals surface area contributed by atoms with Crippen LogP contribution in [0.25, 0.3) is 5.65 Å². The van der Waals surface area contributed by atoms with Crippen molar-refractivity contribution in [2.45, 2.75) is 26.2 Å². The average molecular weight is 530 g/mol. The van der Waals surface area contributed by atoms with Crippen LogP contribution >= 0.6 is 0 Å². The average Bonchev–Trinajstić information content (AvgIpc) is 3.55. The van der Waals surface area contributed by atoms with Crippen molar-refractivity contribution in [1.82, 2.24) is 24.7 Å². The van der Waals surface area contributed by atoms with Gasteiger partial charge >= 0.3 is 6.03 Å². The molecule has 39 heavy (non-hydrogen) atoms. The summed E-state index contributed by atoms with van der Waals surface area (Å²) < 4.78 is 18.2. The van der Waals surface area contributed by atoms with Crippen LogP contribution in [-0.4, -0.2) is 70.1 Å². The first kappa shape index (κ1) is 26.2. The standard InChI is InChI=1S/C28H31N7O4/c1-28(2,3)24-17-25(33-39-24)32-27(36)31-21-7-4-20(5-8-21)6-9-22-19-35-26(30-22)16-23(18-29-35)38-15-12-34-10-13-37-14-11-34/h4-5,7-8,16-19H,10-15H2,1-3H3,(H2,31,32,33,36). The molecule has 1 saturated heterocycles. The third-order valence-electron chi connectivity index (χ3n) is 6.04. The number of hydrogen-bond acceptors (Lipinski definition) is 8. The van der Waals surface area contributed by atoms with Gasteiger partial charge in [-0.05, 0) is 30.2 Å². The quantitative estimate of drug-likeness (QED) is 0.363. The molecule has 0 aliphatic carbocycles. The summed E-state index contributed by atoms with van der Waals surface area (Å²) >= 11 is 0. The van der Waals surface area contributed by atoms with Crippen molar-refractivity contribution >= 4 is 23.2 Å². The summed E-state index contributed by atoms with van der Waals surface area (Å²) in [5, 5.41) is 13.7. The summed E-state index contributed by atoms with van der Waals surface area (Å²) in [5.41, 5.74) is 2.47. The summed E-state index contributed by atoms with van der Waals surface area (Å²) in [6.45, 7) is 10.9. The van der Waals surface area contributed by atoms with Crippen LogP contribution < -0.4 is 15.4 Å². The number of fused-ring (bicyclic) bond motifs is 1. The van der Waals surface area contributed by atoms with Gasteiger partial charge in [-0.1, -0.05) is 31.8 Å². The second-order valence-electron chi connectivity index (χ2n) is 10.2. The number of morpholine rings is 1. The van der Waals surface area contributed by atoms with Gasteiger partial charge in [-0.15, -0.1) is 0 Å². The number of aromatic nitrogens is 4. The summed E-state index contributed by atoms with van der Waals surface area (Å²) in [6.07, 6.45) is 3.45. The van der Waals surface area contributed by atoms with Gasteiger partial charge in [0, 0.05) is 48.4 Å². The maximum Gasteiger partial charge on any atom is 0.324 e. The summed E-state index contributed by atoms with van der Waals surface area (Å²) in [6, 6.07) is 10.4. The molecule has 1 aromatic carbocycles. The molecule has 3 aromatic heterocycles. The molecular weight excluding hydrogens is 498 g/mol. The van der Waals surface area contributed by atoms with Crippen LogP contribution in [0.2, 0.25) is 0 Å². The van der Waals surface area contributed by atoms with E-state index in [1.807, 2.05) is 39.0 Å². The van der Waals surface area contributed by atoms with E-state index in [0.717, 1.165) is 38.4 Å². The van der Waals surface area contributed by atoms with E-state index < -0.39 is 6.03 Å². The number of nitrogens with zero attached hydrogens (tertiary/aromatic N) is 5. The lowest BCUT2D eigenvalue weighted by Crippen LogP contribution is -2.38. The van der Waals surface area contributed by atoms with Crippen LogP contribution in [0.15, 0.2) is 53.3 Å². The van der Waals surface area contributed by atoms with Crippen LogP contribution in [-0.2, 0) is 10.2 Å². The van der Waals surface area contributed by atoms with Crippen molar-refractivity contribution in [1.29, 1.82) is 0 Å². The number of urea groups is 1. The second kappa shape index (κ2) is 11.6. The Bertz CT molecular complexity index is 1490. The predicted octanol–water partition coefficient (Wildman–Crippen LogP) is 3.77. The summed E-state index contributed by atoms with van der Waals surface area (Å²) in [5.74, 6) is 7.87. The van der Waals surface area contributed by atoms with Crippen molar-refractivity contribution in [2.75, 3.05) is 50.1 Å². The molecule has 11 heteroatoms. The van der Waals surface area contributed by atoms with Crippen molar-refractivity contribution in [3.63, 3.8) is 0 Å². The van der Waals surface area contributed by atoms with Gasteiger partial charge in [0.25, 0.3) is 0 Å². The Morgan fingerprint density at radius 1 is 1.10 bits per heavy atom. The Morgan fingerprint density at radius 3 is 2.64 bits per heavy atom.